The van der Waals surface area contributed by atoms with Crippen LogP contribution in [0, 0.1) is 0 Å². The maximum absolute atomic E-state index is 12.5. The summed E-state index contributed by atoms with van der Waals surface area (Å²) in [6.07, 6.45) is 1.47. The molecule has 1 aromatic heterocycles. The molecule has 3 aromatic rings. The van der Waals surface area contributed by atoms with Gasteiger partial charge in [-0.3, -0.25) is 9.89 Å². The summed E-state index contributed by atoms with van der Waals surface area (Å²) in [4.78, 5) is 16.6. The number of benzene rings is 2. The number of hydrogen-bond acceptors (Lipinski definition) is 4. The number of H-pyrrole nitrogens is 1. The van der Waals surface area contributed by atoms with Gasteiger partial charge in [0, 0.05) is 22.3 Å². The fraction of sp³-hybridized carbons (Fsp3) is 0.118. The fourth-order valence-corrected chi connectivity index (χ4v) is 3.20. The van der Waals surface area contributed by atoms with E-state index in [0.717, 1.165) is 20.8 Å². The Morgan fingerprint density at radius 3 is 2.71 bits per heavy atom. The molecule has 2 N–H and O–H groups in total. The van der Waals surface area contributed by atoms with Crippen LogP contribution < -0.4 is 5.32 Å². The first-order valence-electron chi connectivity index (χ1n) is 7.31. The molecule has 0 aliphatic rings. The molecule has 0 saturated carbocycles. The van der Waals surface area contributed by atoms with E-state index in [-0.39, 0.29) is 5.91 Å². The van der Waals surface area contributed by atoms with Crippen LogP contribution in [0.3, 0.4) is 0 Å². The van der Waals surface area contributed by atoms with Gasteiger partial charge in [0.05, 0.1) is 0 Å². The summed E-state index contributed by atoms with van der Waals surface area (Å²) in [5.74, 6) is 0.573. The van der Waals surface area contributed by atoms with E-state index in [2.05, 4.69) is 36.4 Å². The number of hydrogen-bond donors (Lipinski definition) is 2. The predicted octanol–water partition coefficient (Wildman–Crippen LogP) is 3.79. The smallest absolute Gasteiger partial charge is 0.251 e. The van der Waals surface area contributed by atoms with Crippen molar-refractivity contribution in [3.05, 3.63) is 76.0 Å². The van der Waals surface area contributed by atoms with Crippen LogP contribution in [0.5, 0.6) is 0 Å². The molecule has 0 radical (unpaired) electrons. The maximum Gasteiger partial charge on any atom is 0.251 e. The molecule has 24 heavy (non-hydrogen) atoms. The van der Waals surface area contributed by atoms with Crippen LogP contribution in [0.2, 0.25) is 0 Å². The van der Waals surface area contributed by atoms with Gasteiger partial charge in [0.2, 0.25) is 0 Å². The third-order valence-electron chi connectivity index (χ3n) is 3.39. The Kier molecular flexibility index (Phi) is 5.66. The Hall–Kier alpha value is -2.12. The normalized spacial score (nSPS) is 10.5. The second-order valence-corrected chi connectivity index (χ2v) is 6.93. The third-order valence-corrected chi connectivity index (χ3v) is 4.84. The lowest BCUT2D eigenvalue weighted by Crippen LogP contribution is -2.23. The van der Waals surface area contributed by atoms with Crippen molar-refractivity contribution in [3.63, 3.8) is 0 Å². The van der Waals surface area contributed by atoms with Crippen LogP contribution in [-0.4, -0.2) is 21.1 Å². The molecule has 0 atom stereocenters. The van der Waals surface area contributed by atoms with E-state index < -0.39 is 0 Å². The Bertz CT molecular complexity index is 806. The molecule has 0 aliphatic heterocycles. The summed E-state index contributed by atoms with van der Waals surface area (Å²) in [6.45, 7) is 0.496. The number of nitrogens with one attached hydrogen (secondary N) is 2. The van der Waals surface area contributed by atoms with Crippen LogP contribution in [0.4, 0.5) is 0 Å². The Morgan fingerprint density at radius 2 is 1.96 bits per heavy atom. The zero-order valence-electron chi connectivity index (χ0n) is 12.7. The molecule has 0 spiro atoms. The molecule has 0 fully saturated rings. The number of aromatic amines is 1. The van der Waals surface area contributed by atoms with E-state index >= 15 is 0 Å². The molecule has 0 aliphatic carbocycles. The number of amides is 1. The largest absolute Gasteiger partial charge is 0.348 e. The minimum Gasteiger partial charge on any atom is -0.348 e. The van der Waals surface area contributed by atoms with Crippen molar-refractivity contribution in [2.45, 2.75) is 17.5 Å². The minimum atomic E-state index is -0.0771. The van der Waals surface area contributed by atoms with E-state index in [1.807, 2.05) is 48.5 Å². The standard InChI is InChI=1S/C17H15BrN4OS/c18-14-7-5-12(6-8-14)9-19-16(23)15-4-2-1-3-13(15)10-24-17-20-11-21-22-17/h1-8,11H,9-10H2,(H,19,23)(H,20,21,22). The van der Waals surface area contributed by atoms with Gasteiger partial charge >= 0.3 is 0 Å². The molecule has 122 valence electrons. The van der Waals surface area contributed by atoms with Gasteiger partial charge in [0.15, 0.2) is 5.16 Å². The second kappa shape index (κ2) is 8.12. The van der Waals surface area contributed by atoms with Crippen molar-refractivity contribution in [2.75, 3.05) is 0 Å². The van der Waals surface area contributed by atoms with E-state index in [9.17, 15) is 4.79 Å². The highest BCUT2D eigenvalue weighted by atomic mass is 79.9. The van der Waals surface area contributed by atoms with Gasteiger partial charge in [0.1, 0.15) is 6.33 Å². The zero-order valence-corrected chi connectivity index (χ0v) is 15.1. The lowest BCUT2D eigenvalue weighted by atomic mass is 10.1. The van der Waals surface area contributed by atoms with Crippen molar-refractivity contribution >= 4 is 33.6 Å². The van der Waals surface area contributed by atoms with Crippen LogP contribution in [0.15, 0.2) is 64.5 Å². The molecular formula is C17H15BrN4OS. The van der Waals surface area contributed by atoms with E-state index in [1.54, 1.807) is 0 Å². The second-order valence-electron chi connectivity index (χ2n) is 5.05. The summed E-state index contributed by atoms with van der Waals surface area (Å²) in [5, 5.41) is 10.3. The molecule has 7 heteroatoms. The lowest BCUT2D eigenvalue weighted by molar-refractivity contribution is 0.0950. The van der Waals surface area contributed by atoms with Crippen LogP contribution in [0.1, 0.15) is 21.5 Å². The molecule has 0 saturated heterocycles. The molecular weight excluding hydrogens is 388 g/mol. The topological polar surface area (TPSA) is 70.7 Å². The number of carbonyl (C=O) groups excluding carboxylic acids is 1. The van der Waals surface area contributed by atoms with Crippen LogP contribution >= 0.6 is 27.7 Å². The molecule has 1 amide bonds. The number of thioether (sulfide) groups is 1. The maximum atomic E-state index is 12.5. The van der Waals surface area contributed by atoms with Crippen molar-refractivity contribution in [1.29, 1.82) is 0 Å². The summed E-state index contributed by atoms with van der Waals surface area (Å²) in [7, 11) is 0. The third kappa shape index (κ3) is 4.46. The lowest BCUT2D eigenvalue weighted by Gasteiger charge is -2.10. The van der Waals surface area contributed by atoms with Crippen LogP contribution in [-0.2, 0) is 12.3 Å². The van der Waals surface area contributed by atoms with Gasteiger partial charge in [-0.2, -0.15) is 5.10 Å². The SMILES string of the molecule is O=C(NCc1ccc(Br)cc1)c1ccccc1CSc1ncn[nH]1. The summed E-state index contributed by atoms with van der Waals surface area (Å²) in [5.41, 5.74) is 2.70. The highest BCUT2D eigenvalue weighted by Crippen LogP contribution is 2.21. The van der Waals surface area contributed by atoms with Crippen molar-refractivity contribution < 1.29 is 4.79 Å². The first-order chi connectivity index (χ1) is 11.7. The van der Waals surface area contributed by atoms with Crippen molar-refractivity contribution in [3.8, 4) is 0 Å². The van der Waals surface area contributed by atoms with Gasteiger partial charge < -0.3 is 5.32 Å². The molecule has 0 unspecified atom stereocenters. The molecule has 0 bridgehead atoms. The van der Waals surface area contributed by atoms with Crippen LogP contribution in [0.25, 0.3) is 0 Å². The average Bonchev–Trinajstić information content (AvgIpc) is 3.13. The average molecular weight is 403 g/mol. The quantitative estimate of drug-likeness (QED) is 0.615. The van der Waals surface area contributed by atoms with E-state index in [4.69, 9.17) is 0 Å². The summed E-state index contributed by atoms with van der Waals surface area (Å²) < 4.78 is 1.02. The molecule has 3 rings (SSSR count). The first kappa shape index (κ1) is 16.7. The first-order valence-corrected chi connectivity index (χ1v) is 9.09. The highest BCUT2D eigenvalue weighted by molar-refractivity contribution is 9.10. The minimum absolute atomic E-state index is 0.0771. The number of aromatic nitrogens is 3. The Morgan fingerprint density at radius 1 is 1.17 bits per heavy atom. The van der Waals surface area contributed by atoms with Gasteiger partial charge in [-0.05, 0) is 29.3 Å². The van der Waals surface area contributed by atoms with Gasteiger partial charge in [-0.1, -0.05) is 58.0 Å². The van der Waals surface area contributed by atoms with E-state index in [0.29, 0.717) is 17.9 Å². The summed E-state index contributed by atoms with van der Waals surface area (Å²) in [6, 6.07) is 15.5. The fourth-order valence-electron chi connectivity index (χ4n) is 2.16. The van der Waals surface area contributed by atoms with Gasteiger partial charge in [-0.25, -0.2) is 4.98 Å². The number of carbonyl (C=O) groups is 1. The summed E-state index contributed by atoms with van der Waals surface area (Å²) >= 11 is 4.92. The zero-order chi connectivity index (χ0) is 16.8. The molecule has 1 heterocycles. The number of nitrogens with zero attached hydrogens (tertiary/aromatic N) is 2. The predicted molar refractivity (Wildman–Crippen MR) is 97.7 cm³/mol. The number of halogens is 1. The van der Waals surface area contributed by atoms with Gasteiger partial charge in [0.25, 0.3) is 5.91 Å². The molecule has 2 aromatic carbocycles. The van der Waals surface area contributed by atoms with Gasteiger partial charge in [-0.15, -0.1) is 0 Å². The van der Waals surface area contributed by atoms with Crippen molar-refractivity contribution in [2.24, 2.45) is 0 Å². The van der Waals surface area contributed by atoms with Crippen molar-refractivity contribution in [1.82, 2.24) is 20.5 Å². The molecule has 5 nitrogen and oxygen atoms in total. The van der Waals surface area contributed by atoms with E-state index in [1.165, 1.54) is 18.1 Å². The Labute approximate surface area is 152 Å². The highest BCUT2D eigenvalue weighted by Gasteiger charge is 2.11. The Balaban J connectivity index is 1.64. The monoisotopic (exact) mass is 402 g/mol. The number of rotatable bonds is 6.